The maximum absolute atomic E-state index is 12.7. The molecule has 0 bridgehead atoms. The van der Waals surface area contributed by atoms with E-state index in [-0.39, 0.29) is 11.9 Å². The molecule has 0 saturated heterocycles. The van der Waals surface area contributed by atoms with Crippen LogP contribution >= 0.6 is 0 Å². The van der Waals surface area contributed by atoms with Crippen molar-refractivity contribution in [2.75, 3.05) is 0 Å². The number of aryl methyl sites for hydroxylation is 1. The van der Waals surface area contributed by atoms with Crippen molar-refractivity contribution >= 4 is 18.0 Å². The molecule has 1 atom stereocenters. The zero-order valence-corrected chi connectivity index (χ0v) is 19.1. The maximum atomic E-state index is 12.7. The summed E-state index contributed by atoms with van der Waals surface area (Å²) in [6.07, 6.45) is 10.4. The van der Waals surface area contributed by atoms with Gasteiger partial charge in [-0.05, 0) is 74.4 Å². The first-order valence-corrected chi connectivity index (χ1v) is 11.4. The largest absolute Gasteiger partial charge is 0.426 e. The van der Waals surface area contributed by atoms with Crippen molar-refractivity contribution in [3.8, 4) is 11.5 Å². The Morgan fingerprint density at radius 3 is 2.41 bits per heavy atom. The lowest BCUT2D eigenvalue weighted by Gasteiger charge is -2.19. The van der Waals surface area contributed by atoms with E-state index in [0.29, 0.717) is 23.5 Å². The molecule has 3 rings (SSSR count). The summed E-state index contributed by atoms with van der Waals surface area (Å²) in [6.45, 7) is 7.97. The molecule has 0 radical (unpaired) electrons. The van der Waals surface area contributed by atoms with Crippen LogP contribution in [0.5, 0.6) is 11.5 Å². The third-order valence-corrected chi connectivity index (χ3v) is 5.79. The van der Waals surface area contributed by atoms with Gasteiger partial charge in [-0.25, -0.2) is 4.79 Å². The second-order valence-electron chi connectivity index (χ2n) is 8.43. The average Bonchev–Trinajstić information content (AvgIpc) is 2.79. The Labute approximate surface area is 190 Å². The van der Waals surface area contributed by atoms with Crippen LogP contribution in [0.15, 0.2) is 60.7 Å². The molecule has 0 fully saturated rings. The molecule has 0 heterocycles. The SMILES string of the molecule is C=Cc1ccc(C(=O)Oc2cc(CCCCC)cc(OC(=O)C3CC=C(C)CC3)c2)cc1. The first kappa shape index (κ1) is 23.5. The Morgan fingerprint density at radius 1 is 1.06 bits per heavy atom. The highest BCUT2D eigenvalue weighted by atomic mass is 16.5. The monoisotopic (exact) mass is 432 g/mol. The number of unbranched alkanes of at least 4 members (excludes halogenated alkanes) is 2. The Balaban J connectivity index is 1.76. The van der Waals surface area contributed by atoms with E-state index in [0.717, 1.165) is 49.7 Å². The Morgan fingerprint density at radius 2 is 1.78 bits per heavy atom. The Hall–Kier alpha value is -3.14. The first-order chi connectivity index (χ1) is 15.5. The van der Waals surface area contributed by atoms with E-state index in [9.17, 15) is 9.59 Å². The molecule has 4 heteroatoms. The summed E-state index contributed by atoms with van der Waals surface area (Å²) in [4.78, 5) is 25.3. The summed E-state index contributed by atoms with van der Waals surface area (Å²) < 4.78 is 11.4. The Bertz CT molecular complexity index is 985. The minimum atomic E-state index is -0.448. The van der Waals surface area contributed by atoms with Crippen LogP contribution in [0.2, 0.25) is 0 Å². The normalized spacial score (nSPS) is 15.6. The Kier molecular flexibility index (Phi) is 8.43. The average molecular weight is 433 g/mol. The van der Waals surface area contributed by atoms with Gasteiger partial charge < -0.3 is 9.47 Å². The molecule has 1 aliphatic carbocycles. The zero-order chi connectivity index (χ0) is 22.9. The summed E-state index contributed by atoms with van der Waals surface area (Å²) in [7, 11) is 0. The maximum Gasteiger partial charge on any atom is 0.343 e. The van der Waals surface area contributed by atoms with Crippen molar-refractivity contribution in [3.05, 3.63) is 77.4 Å². The molecule has 0 spiro atoms. The van der Waals surface area contributed by atoms with Crippen LogP contribution in [0.3, 0.4) is 0 Å². The lowest BCUT2D eigenvalue weighted by molar-refractivity contribution is -0.139. The lowest BCUT2D eigenvalue weighted by Crippen LogP contribution is -2.22. The number of hydrogen-bond acceptors (Lipinski definition) is 4. The third-order valence-electron chi connectivity index (χ3n) is 5.79. The highest BCUT2D eigenvalue weighted by Gasteiger charge is 2.23. The molecule has 168 valence electrons. The van der Waals surface area contributed by atoms with Crippen molar-refractivity contribution in [3.63, 3.8) is 0 Å². The zero-order valence-electron chi connectivity index (χ0n) is 19.1. The lowest BCUT2D eigenvalue weighted by atomic mass is 9.90. The molecule has 0 aliphatic heterocycles. The van der Waals surface area contributed by atoms with Crippen molar-refractivity contribution in [1.29, 1.82) is 0 Å². The molecule has 32 heavy (non-hydrogen) atoms. The topological polar surface area (TPSA) is 52.6 Å². The smallest absolute Gasteiger partial charge is 0.343 e. The predicted octanol–water partition coefficient (Wildman–Crippen LogP) is 6.93. The summed E-state index contributed by atoms with van der Waals surface area (Å²) in [5, 5.41) is 0. The van der Waals surface area contributed by atoms with Gasteiger partial charge in [-0.3, -0.25) is 4.79 Å². The summed E-state index contributed by atoms with van der Waals surface area (Å²) >= 11 is 0. The van der Waals surface area contributed by atoms with E-state index in [2.05, 4.69) is 26.5 Å². The van der Waals surface area contributed by atoms with Crippen molar-refractivity contribution < 1.29 is 19.1 Å². The van der Waals surface area contributed by atoms with Crippen molar-refractivity contribution in [2.24, 2.45) is 5.92 Å². The van der Waals surface area contributed by atoms with Gasteiger partial charge in [0.1, 0.15) is 11.5 Å². The molecule has 2 aromatic carbocycles. The number of hydrogen-bond donors (Lipinski definition) is 0. The molecular weight excluding hydrogens is 400 g/mol. The molecule has 4 nitrogen and oxygen atoms in total. The number of ether oxygens (including phenoxy) is 2. The standard InChI is InChI=1S/C28H32O4/c1-4-6-7-8-22-17-25(31-27(29)23-13-9-20(3)10-14-23)19-26(18-22)32-28(30)24-15-11-21(5-2)12-16-24/h5,9,11-12,15-19,23H,2,4,6-8,10,13-14H2,1,3H3. The van der Waals surface area contributed by atoms with Crippen LogP contribution in [-0.2, 0) is 11.2 Å². The van der Waals surface area contributed by atoms with E-state index in [4.69, 9.17) is 9.47 Å². The first-order valence-electron chi connectivity index (χ1n) is 11.4. The number of esters is 2. The third kappa shape index (κ3) is 6.68. The van der Waals surface area contributed by atoms with Gasteiger partial charge in [0, 0.05) is 6.07 Å². The van der Waals surface area contributed by atoms with E-state index in [1.807, 2.05) is 24.3 Å². The van der Waals surface area contributed by atoms with Crippen LogP contribution in [0, 0.1) is 5.92 Å². The van der Waals surface area contributed by atoms with E-state index in [1.54, 1.807) is 24.3 Å². The van der Waals surface area contributed by atoms with Gasteiger partial charge in [0.15, 0.2) is 0 Å². The highest BCUT2D eigenvalue weighted by Crippen LogP contribution is 2.29. The quantitative estimate of drug-likeness (QED) is 0.186. The van der Waals surface area contributed by atoms with Crippen LogP contribution < -0.4 is 9.47 Å². The molecular formula is C28H32O4. The number of carbonyl (C=O) groups is 2. The van der Waals surface area contributed by atoms with Crippen LogP contribution in [0.1, 0.15) is 73.9 Å². The van der Waals surface area contributed by atoms with Gasteiger partial charge in [0.2, 0.25) is 0 Å². The summed E-state index contributed by atoms with van der Waals surface area (Å²) in [5.41, 5.74) is 3.70. The minimum Gasteiger partial charge on any atom is -0.426 e. The fraction of sp³-hybridized carbons (Fsp3) is 0.357. The van der Waals surface area contributed by atoms with E-state index in [1.165, 1.54) is 5.57 Å². The second-order valence-corrected chi connectivity index (χ2v) is 8.43. The van der Waals surface area contributed by atoms with Gasteiger partial charge in [0.25, 0.3) is 0 Å². The number of benzene rings is 2. The van der Waals surface area contributed by atoms with Crippen molar-refractivity contribution in [1.82, 2.24) is 0 Å². The minimum absolute atomic E-state index is 0.128. The second kappa shape index (κ2) is 11.5. The van der Waals surface area contributed by atoms with Gasteiger partial charge in [-0.1, -0.05) is 56.2 Å². The molecule has 0 N–H and O–H groups in total. The predicted molar refractivity (Wildman–Crippen MR) is 128 cm³/mol. The number of carbonyl (C=O) groups excluding carboxylic acids is 2. The van der Waals surface area contributed by atoms with Gasteiger partial charge in [-0.15, -0.1) is 0 Å². The van der Waals surface area contributed by atoms with Crippen LogP contribution in [0.4, 0.5) is 0 Å². The van der Waals surface area contributed by atoms with E-state index >= 15 is 0 Å². The fourth-order valence-electron chi connectivity index (χ4n) is 3.77. The molecule has 1 aliphatic rings. The van der Waals surface area contributed by atoms with Crippen LogP contribution in [-0.4, -0.2) is 11.9 Å². The summed E-state index contributed by atoms with van der Waals surface area (Å²) in [5.74, 6) is 0.0177. The number of allylic oxidation sites excluding steroid dienone is 2. The van der Waals surface area contributed by atoms with Gasteiger partial charge in [-0.2, -0.15) is 0 Å². The molecule has 0 aromatic heterocycles. The highest BCUT2D eigenvalue weighted by molar-refractivity contribution is 5.91. The summed E-state index contributed by atoms with van der Waals surface area (Å²) in [6, 6.07) is 12.4. The fourth-order valence-corrected chi connectivity index (χ4v) is 3.77. The molecule has 0 saturated carbocycles. The van der Waals surface area contributed by atoms with E-state index < -0.39 is 5.97 Å². The van der Waals surface area contributed by atoms with Gasteiger partial charge >= 0.3 is 11.9 Å². The van der Waals surface area contributed by atoms with Gasteiger partial charge in [0.05, 0.1) is 11.5 Å². The number of rotatable bonds is 9. The molecule has 0 amide bonds. The van der Waals surface area contributed by atoms with Crippen LogP contribution in [0.25, 0.3) is 6.08 Å². The molecule has 2 aromatic rings. The molecule has 1 unspecified atom stereocenters. The van der Waals surface area contributed by atoms with Crippen molar-refractivity contribution in [2.45, 2.75) is 58.8 Å².